The molecule has 0 bridgehead atoms. The molecule has 1 N–H and O–H groups in total. The van der Waals surface area contributed by atoms with Crippen molar-refractivity contribution in [2.45, 2.75) is 12.6 Å². The fourth-order valence-electron chi connectivity index (χ4n) is 4.89. The number of carbonyl (C=O) groups excluding carboxylic acids is 1. The zero-order valence-corrected chi connectivity index (χ0v) is 21.2. The standard InChI is InChI=1S/C28H30N4O5/c1-30(18-24-23-10-5-4-7-19(23)15-21(17-29)26(24)37-3)27(33)25(20-8-6-9-22(16-20)36-2)31-11-13-32(14-12-31)28(34)35/h4-10,15-16,25H,11-14,18H2,1-3H3,(H,34,35). The molecular weight excluding hydrogens is 472 g/mol. The highest BCUT2D eigenvalue weighted by atomic mass is 16.5. The molecule has 9 heteroatoms. The number of carboxylic acid groups (broad SMARTS) is 1. The maximum absolute atomic E-state index is 14.1. The normalized spacial score (nSPS) is 14.6. The first-order valence-corrected chi connectivity index (χ1v) is 12.0. The van der Waals surface area contributed by atoms with Crippen molar-refractivity contribution < 1.29 is 24.2 Å². The van der Waals surface area contributed by atoms with Gasteiger partial charge in [-0.15, -0.1) is 0 Å². The molecule has 37 heavy (non-hydrogen) atoms. The van der Waals surface area contributed by atoms with Gasteiger partial charge in [0, 0.05) is 45.3 Å². The third kappa shape index (κ3) is 5.29. The summed E-state index contributed by atoms with van der Waals surface area (Å²) in [4.78, 5) is 30.5. The van der Waals surface area contributed by atoms with Crippen molar-refractivity contribution >= 4 is 22.8 Å². The summed E-state index contributed by atoms with van der Waals surface area (Å²) in [5.74, 6) is 0.941. The molecule has 4 rings (SSSR count). The third-order valence-electron chi connectivity index (χ3n) is 6.79. The molecule has 0 aromatic heterocycles. The van der Waals surface area contributed by atoms with Gasteiger partial charge in [0.15, 0.2) is 0 Å². The van der Waals surface area contributed by atoms with Gasteiger partial charge in [0.1, 0.15) is 23.6 Å². The van der Waals surface area contributed by atoms with Crippen LogP contribution in [-0.2, 0) is 11.3 Å². The van der Waals surface area contributed by atoms with E-state index in [0.29, 0.717) is 43.2 Å². The largest absolute Gasteiger partial charge is 0.497 e. The minimum absolute atomic E-state index is 0.148. The van der Waals surface area contributed by atoms with E-state index in [1.807, 2.05) is 53.4 Å². The highest BCUT2D eigenvalue weighted by Gasteiger charge is 2.34. The van der Waals surface area contributed by atoms with Crippen LogP contribution >= 0.6 is 0 Å². The summed E-state index contributed by atoms with van der Waals surface area (Å²) < 4.78 is 11.0. The molecule has 1 saturated heterocycles. The van der Waals surface area contributed by atoms with Gasteiger partial charge in [-0.3, -0.25) is 9.69 Å². The molecule has 9 nitrogen and oxygen atoms in total. The van der Waals surface area contributed by atoms with E-state index in [9.17, 15) is 20.0 Å². The second-order valence-electron chi connectivity index (χ2n) is 8.95. The van der Waals surface area contributed by atoms with Crippen molar-refractivity contribution in [2.24, 2.45) is 0 Å². The summed E-state index contributed by atoms with van der Waals surface area (Å²) in [5.41, 5.74) is 1.93. The number of hydrogen-bond donors (Lipinski definition) is 1. The Kier molecular flexibility index (Phi) is 7.80. The lowest BCUT2D eigenvalue weighted by Gasteiger charge is -2.39. The summed E-state index contributed by atoms with van der Waals surface area (Å²) in [6.45, 7) is 1.70. The molecule has 3 aromatic carbocycles. The molecular formula is C28H30N4O5. The Balaban J connectivity index is 1.70. The summed E-state index contributed by atoms with van der Waals surface area (Å²) in [7, 11) is 4.83. The number of nitriles is 1. The molecule has 0 aliphatic carbocycles. The second-order valence-corrected chi connectivity index (χ2v) is 8.95. The van der Waals surface area contributed by atoms with Crippen LogP contribution in [0.1, 0.15) is 22.7 Å². The predicted octanol–water partition coefficient (Wildman–Crippen LogP) is 3.72. The van der Waals surface area contributed by atoms with E-state index in [1.54, 1.807) is 25.1 Å². The van der Waals surface area contributed by atoms with Crippen LogP contribution in [0.3, 0.4) is 0 Å². The number of nitrogens with zero attached hydrogens (tertiary/aromatic N) is 4. The highest BCUT2D eigenvalue weighted by molar-refractivity contribution is 5.91. The van der Waals surface area contributed by atoms with Crippen LogP contribution in [0.25, 0.3) is 10.8 Å². The number of piperazine rings is 1. The fraction of sp³-hybridized carbons (Fsp3) is 0.321. The first-order chi connectivity index (χ1) is 17.9. The zero-order valence-electron chi connectivity index (χ0n) is 21.2. The van der Waals surface area contributed by atoms with Gasteiger partial charge in [-0.2, -0.15) is 5.26 Å². The van der Waals surface area contributed by atoms with E-state index in [4.69, 9.17) is 9.47 Å². The third-order valence-corrected chi connectivity index (χ3v) is 6.79. The van der Waals surface area contributed by atoms with Crippen molar-refractivity contribution in [1.29, 1.82) is 5.26 Å². The molecule has 1 aliphatic heterocycles. The Morgan fingerprint density at radius 3 is 2.43 bits per heavy atom. The van der Waals surface area contributed by atoms with Crippen molar-refractivity contribution in [3.05, 3.63) is 71.3 Å². The van der Waals surface area contributed by atoms with E-state index in [1.165, 1.54) is 12.0 Å². The monoisotopic (exact) mass is 502 g/mol. The number of benzene rings is 3. The Morgan fingerprint density at radius 1 is 1.05 bits per heavy atom. The van der Waals surface area contributed by atoms with Gasteiger partial charge in [0.05, 0.1) is 19.8 Å². The smallest absolute Gasteiger partial charge is 0.407 e. The predicted molar refractivity (Wildman–Crippen MR) is 139 cm³/mol. The number of fused-ring (bicyclic) bond motifs is 1. The molecule has 1 heterocycles. The molecule has 1 unspecified atom stereocenters. The number of likely N-dealkylation sites (N-methyl/N-ethyl adjacent to an activating group) is 1. The Labute approximate surface area is 216 Å². The molecule has 0 radical (unpaired) electrons. The number of hydrogen-bond acceptors (Lipinski definition) is 6. The molecule has 1 atom stereocenters. The van der Waals surface area contributed by atoms with Gasteiger partial charge in [-0.1, -0.05) is 36.4 Å². The van der Waals surface area contributed by atoms with Gasteiger partial charge in [0.25, 0.3) is 0 Å². The zero-order chi connectivity index (χ0) is 26.5. The minimum Gasteiger partial charge on any atom is -0.497 e. The molecule has 1 fully saturated rings. The van der Waals surface area contributed by atoms with Crippen LogP contribution in [-0.4, -0.2) is 79.3 Å². The summed E-state index contributed by atoms with van der Waals surface area (Å²) in [6, 6.07) is 18.5. The van der Waals surface area contributed by atoms with Crippen molar-refractivity contribution in [1.82, 2.24) is 14.7 Å². The molecule has 3 aromatic rings. The van der Waals surface area contributed by atoms with Gasteiger partial charge >= 0.3 is 6.09 Å². The van der Waals surface area contributed by atoms with Crippen molar-refractivity contribution in [2.75, 3.05) is 47.4 Å². The minimum atomic E-state index is -0.961. The van der Waals surface area contributed by atoms with Crippen LogP contribution in [0.5, 0.6) is 11.5 Å². The molecule has 0 spiro atoms. The first-order valence-electron chi connectivity index (χ1n) is 12.0. The number of ether oxygens (including phenoxy) is 2. The van der Waals surface area contributed by atoms with Crippen LogP contribution in [0, 0.1) is 11.3 Å². The average Bonchev–Trinajstić information content (AvgIpc) is 2.93. The van der Waals surface area contributed by atoms with Gasteiger partial charge in [-0.25, -0.2) is 4.79 Å². The van der Waals surface area contributed by atoms with Crippen LogP contribution in [0.15, 0.2) is 54.6 Å². The van der Waals surface area contributed by atoms with Crippen LogP contribution in [0.2, 0.25) is 0 Å². The first kappa shape index (κ1) is 25.8. The Bertz CT molecular complexity index is 1340. The lowest BCUT2D eigenvalue weighted by atomic mass is 9.98. The summed E-state index contributed by atoms with van der Waals surface area (Å²) in [6.07, 6.45) is -0.961. The number of rotatable bonds is 7. The van der Waals surface area contributed by atoms with E-state index >= 15 is 0 Å². The Morgan fingerprint density at radius 2 is 1.78 bits per heavy atom. The fourth-order valence-corrected chi connectivity index (χ4v) is 4.89. The SMILES string of the molecule is COc1cccc(C(C(=O)N(C)Cc2c(OC)c(C#N)cc3ccccc23)N2CCN(C(=O)O)CC2)c1. The maximum Gasteiger partial charge on any atom is 0.407 e. The van der Waals surface area contributed by atoms with E-state index < -0.39 is 12.1 Å². The second kappa shape index (κ2) is 11.2. The van der Waals surface area contributed by atoms with Crippen molar-refractivity contribution in [3.63, 3.8) is 0 Å². The number of carbonyl (C=O) groups is 2. The van der Waals surface area contributed by atoms with Gasteiger partial charge in [-0.05, 0) is 34.5 Å². The lowest BCUT2D eigenvalue weighted by Crippen LogP contribution is -2.52. The summed E-state index contributed by atoms with van der Waals surface area (Å²) >= 11 is 0. The quantitative estimate of drug-likeness (QED) is 0.525. The molecule has 192 valence electrons. The topological polar surface area (TPSA) is 106 Å². The lowest BCUT2D eigenvalue weighted by molar-refractivity contribution is -0.137. The van der Waals surface area contributed by atoms with Gasteiger partial charge < -0.3 is 24.4 Å². The Hall–Kier alpha value is -4.29. The molecule has 0 saturated carbocycles. The molecule has 2 amide bonds. The summed E-state index contributed by atoms with van der Waals surface area (Å²) in [5, 5.41) is 20.9. The number of amides is 2. The van der Waals surface area contributed by atoms with E-state index in [0.717, 1.165) is 21.9 Å². The average molecular weight is 503 g/mol. The van der Waals surface area contributed by atoms with Crippen LogP contribution in [0.4, 0.5) is 4.79 Å². The van der Waals surface area contributed by atoms with E-state index in [-0.39, 0.29) is 12.5 Å². The van der Waals surface area contributed by atoms with Crippen molar-refractivity contribution in [3.8, 4) is 17.6 Å². The van der Waals surface area contributed by atoms with E-state index in [2.05, 4.69) is 6.07 Å². The highest BCUT2D eigenvalue weighted by Crippen LogP contribution is 2.34. The maximum atomic E-state index is 14.1. The van der Waals surface area contributed by atoms with Gasteiger partial charge in [0.2, 0.25) is 5.91 Å². The number of methoxy groups -OCH3 is 2. The molecule has 1 aliphatic rings. The van der Waals surface area contributed by atoms with Crippen LogP contribution < -0.4 is 9.47 Å².